The van der Waals surface area contributed by atoms with E-state index in [0.717, 1.165) is 19.3 Å². The Morgan fingerprint density at radius 1 is 1.44 bits per heavy atom. The Labute approximate surface area is 108 Å². The summed E-state index contributed by atoms with van der Waals surface area (Å²) in [4.78, 5) is 11.7. The first-order valence-electron chi connectivity index (χ1n) is 6.76. The second-order valence-corrected chi connectivity index (χ2v) is 6.04. The van der Waals surface area contributed by atoms with Crippen molar-refractivity contribution in [3.05, 3.63) is 24.3 Å². The van der Waals surface area contributed by atoms with E-state index < -0.39 is 0 Å². The number of esters is 1. The number of allylic oxidation sites excluding steroid dienone is 1. The van der Waals surface area contributed by atoms with Gasteiger partial charge in [0.05, 0.1) is 0 Å². The van der Waals surface area contributed by atoms with Crippen molar-refractivity contribution in [2.45, 2.75) is 50.9 Å². The summed E-state index contributed by atoms with van der Waals surface area (Å²) in [5, 5.41) is 0. The average molecular weight is 248 g/mol. The van der Waals surface area contributed by atoms with Crippen LogP contribution < -0.4 is 0 Å². The Kier molecular flexibility index (Phi) is 2.63. The van der Waals surface area contributed by atoms with Crippen LogP contribution in [-0.2, 0) is 14.3 Å². The molecule has 0 aromatic rings. The standard InChI is InChI=1S/C15H20O3/c1-9-5-4-8-15(3)13(18-15)12-11(7-6-9)10(2)14(16)17-12/h4,8-9,11-13H,2,5-7H2,1,3H3. The summed E-state index contributed by atoms with van der Waals surface area (Å²) < 4.78 is 11.2. The first-order valence-corrected chi connectivity index (χ1v) is 6.76. The number of epoxide rings is 1. The van der Waals surface area contributed by atoms with E-state index in [1.165, 1.54) is 0 Å². The molecule has 1 aliphatic carbocycles. The molecule has 3 aliphatic rings. The van der Waals surface area contributed by atoms with Gasteiger partial charge in [0.15, 0.2) is 0 Å². The van der Waals surface area contributed by atoms with Gasteiger partial charge in [-0.05, 0) is 32.1 Å². The highest BCUT2D eigenvalue weighted by molar-refractivity contribution is 5.91. The number of carbonyl (C=O) groups excluding carboxylic acids is 1. The highest BCUT2D eigenvalue weighted by Gasteiger charge is 2.60. The third-order valence-electron chi connectivity index (χ3n) is 4.49. The molecular weight excluding hydrogens is 228 g/mol. The van der Waals surface area contributed by atoms with Crippen molar-refractivity contribution in [3.63, 3.8) is 0 Å². The maximum Gasteiger partial charge on any atom is 0.334 e. The van der Waals surface area contributed by atoms with E-state index in [-0.39, 0.29) is 29.7 Å². The van der Waals surface area contributed by atoms with Crippen molar-refractivity contribution in [1.29, 1.82) is 0 Å². The topological polar surface area (TPSA) is 38.8 Å². The Hall–Kier alpha value is -1.09. The molecule has 2 heterocycles. The molecule has 0 bridgehead atoms. The predicted molar refractivity (Wildman–Crippen MR) is 67.9 cm³/mol. The SMILES string of the molecule is C=C1C(=O)OC2C1CCC(C)CC=CC1(C)OC21. The number of hydrogen-bond acceptors (Lipinski definition) is 3. The Balaban J connectivity index is 1.88. The Morgan fingerprint density at radius 2 is 2.22 bits per heavy atom. The van der Waals surface area contributed by atoms with Crippen LogP contribution in [0.5, 0.6) is 0 Å². The zero-order valence-electron chi connectivity index (χ0n) is 11.0. The van der Waals surface area contributed by atoms with Gasteiger partial charge in [0.2, 0.25) is 0 Å². The lowest BCUT2D eigenvalue weighted by Gasteiger charge is -2.19. The van der Waals surface area contributed by atoms with Crippen LogP contribution in [0.3, 0.4) is 0 Å². The fraction of sp³-hybridized carbons (Fsp3) is 0.667. The zero-order valence-corrected chi connectivity index (χ0v) is 11.0. The van der Waals surface area contributed by atoms with Gasteiger partial charge in [-0.1, -0.05) is 25.7 Å². The van der Waals surface area contributed by atoms with Crippen molar-refractivity contribution in [3.8, 4) is 0 Å². The van der Waals surface area contributed by atoms with Crippen LogP contribution in [-0.4, -0.2) is 23.8 Å². The van der Waals surface area contributed by atoms with E-state index in [0.29, 0.717) is 11.5 Å². The molecule has 5 unspecified atom stereocenters. The van der Waals surface area contributed by atoms with Crippen LogP contribution in [0.15, 0.2) is 24.3 Å². The van der Waals surface area contributed by atoms with Crippen molar-refractivity contribution in [1.82, 2.24) is 0 Å². The van der Waals surface area contributed by atoms with E-state index in [9.17, 15) is 4.79 Å². The zero-order chi connectivity index (χ0) is 12.9. The molecule has 0 spiro atoms. The molecule has 18 heavy (non-hydrogen) atoms. The Bertz CT molecular complexity index is 425. The monoisotopic (exact) mass is 248 g/mol. The number of hydrogen-bond donors (Lipinski definition) is 0. The van der Waals surface area contributed by atoms with E-state index in [4.69, 9.17) is 9.47 Å². The van der Waals surface area contributed by atoms with Crippen LogP contribution in [0.4, 0.5) is 0 Å². The highest BCUT2D eigenvalue weighted by atomic mass is 16.6. The lowest BCUT2D eigenvalue weighted by atomic mass is 9.83. The molecule has 0 amide bonds. The maximum atomic E-state index is 11.7. The molecule has 0 aromatic heterocycles. The summed E-state index contributed by atoms with van der Waals surface area (Å²) in [5.74, 6) is 0.529. The fourth-order valence-corrected chi connectivity index (χ4v) is 3.13. The molecule has 3 rings (SSSR count). The molecule has 3 heteroatoms. The molecule has 2 saturated heterocycles. The highest BCUT2D eigenvalue weighted by Crippen LogP contribution is 2.48. The minimum absolute atomic E-state index is 0.00959. The predicted octanol–water partition coefficient (Wildman–Crippen LogP) is 2.62. The molecule has 0 saturated carbocycles. The van der Waals surface area contributed by atoms with Crippen LogP contribution in [0.2, 0.25) is 0 Å². The van der Waals surface area contributed by atoms with Gasteiger partial charge < -0.3 is 9.47 Å². The van der Waals surface area contributed by atoms with Crippen molar-refractivity contribution < 1.29 is 14.3 Å². The molecule has 2 aliphatic heterocycles. The molecule has 0 radical (unpaired) electrons. The van der Waals surface area contributed by atoms with Crippen LogP contribution in [0, 0.1) is 11.8 Å². The first kappa shape index (κ1) is 12.0. The van der Waals surface area contributed by atoms with Gasteiger partial charge >= 0.3 is 5.97 Å². The van der Waals surface area contributed by atoms with Gasteiger partial charge in [-0.25, -0.2) is 4.79 Å². The van der Waals surface area contributed by atoms with Crippen molar-refractivity contribution in [2.24, 2.45) is 11.8 Å². The summed E-state index contributed by atoms with van der Waals surface area (Å²) in [5.41, 5.74) is 0.389. The van der Waals surface area contributed by atoms with Gasteiger partial charge in [-0.15, -0.1) is 0 Å². The van der Waals surface area contributed by atoms with Crippen LogP contribution in [0.1, 0.15) is 33.1 Å². The minimum atomic E-state index is -0.245. The smallest absolute Gasteiger partial charge is 0.334 e. The van der Waals surface area contributed by atoms with Gasteiger partial charge in [0.25, 0.3) is 0 Å². The van der Waals surface area contributed by atoms with E-state index >= 15 is 0 Å². The number of rotatable bonds is 0. The molecular formula is C15H20O3. The van der Waals surface area contributed by atoms with Gasteiger partial charge in [0, 0.05) is 11.5 Å². The molecule has 98 valence electrons. The van der Waals surface area contributed by atoms with Crippen molar-refractivity contribution >= 4 is 5.97 Å². The van der Waals surface area contributed by atoms with E-state index in [1.807, 2.05) is 0 Å². The minimum Gasteiger partial charge on any atom is -0.455 e. The summed E-state index contributed by atoms with van der Waals surface area (Å²) in [7, 11) is 0. The summed E-state index contributed by atoms with van der Waals surface area (Å²) in [6.07, 6.45) is 7.36. The number of fused-ring (bicyclic) bond motifs is 3. The second kappa shape index (κ2) is 3.95. The van der Waals surface area contributed by atoms with Gasteiger partial charge in [-0.2, -0.15) is 0 Å². The lowest BCUT2D eigenvalue weighted by Crippen LogP contribution is -2.28. The summed E-state index contributed by atoms with van der Waals surface area (Å²) >= 11 is 0. The third kappa shape index (κ3) is 1.81. The van der Waals surface area contributed by atoms with Gasteiger partial charge in [0.1, 0.15) is 17.8 Å². The Morgan fingerprint density at radius 3 is 3.00 bits per heavy atom. The average Bonchev–Trinajstić information content (AvgIpc) is 2.90. The normalized spacial score (nSPS) is 47.2. The van der Waals surface area contributed by atoms with Crippen LogP contribution in [0.25, 0.3) is 0 Å². The lowest BCUT2D eigenvalue weighted by molar-refractivity contribution is -0.140. The van der Waals surface area contributed by atoms with Crippen molar-refractivity contribution in [2.75, 3.05) is 0 Å². The largest absolute Gasteiger partial charge is 0.455 e. The van der Waals surface area contributed by atoms with E-state index in [1.54, 1.807) is 0 Å². The second-order valence-electron chi connectivity index (χ2n) is 6.04. The third-order valence-corrected chi connectivity index (χ3v) is 4.49. The molecule has 0 aromatic carbocycles. The summed E-state index contributed by atoms with van der Waals surface area (Å²) in [6, 6.07) is 0. The number of carbonyl (C=O) groups is 1. The summed E-state index contributed by atoms with van der Waals surface area (Å²) in [6.45, 7) is 8.21. The molecule has 2 fully saturated rings. The first-order chi connectivity index (χ1) is 8.51. The van der Waals surface area contributed by atoms with E-state index in [2.05, 4.69) is 32.6 Å². The van der Waals surface area contributed by atoms with Gasteiger partial charge in [-0.3, -0.25) is 0 Å². The maximum absolute atomic E-state index is 11.7. The molecule has 0 N–H and O–H groups in total. The molecule has 5 atom stereocenters. The number of ether oxygens (including phenoxy) is 2. The fourth-order valence-electron chi connectivity index (χ4n) is 3.13. The molecule has 3 nitrogen and oxygen atoms in total. The quantitative estimate of drug-likeness (QED) is 0.286. The van der Waals surface area contributed by atoms with Crippen LogP contribution >= 0.6 is 0 Å².